The van der Waals surface area contributed by atoms with Crippen LogP contribution in [0.4, 0.5) is 0 Å². The lowest BCUT2D eigenvalue weighted by Crippen LogP contribution is -1.89. The zero-order valence-corrected chi connectivity index (χ0v) is 8.48. The van der Waals surface area contributed by atoms with Crippen LogP contribution in [0.15, 0.2) is 11.6 Å². The van der Waals surface area contributed by atoms with E-state index in [9.17, 15) is 0 Å². The number of hydrogen-bond donors (Lipinski definition) is 0. The molecule has 66 valence electrons. The van der Waals surface area contributed by atoms with Crippen LogP contribution in [-0.4, -0.2) is 0 Å². The maximum absolute atomic E-state index is 2.38. The summed E-state index contributed by atoms with van der Waals surface area (Å²) in [4.78, 5) is 0. The van der Waals surface area contributed by atoms with Crippen LogP contribution in [0.25, 0.3) is 0 Å². The second kappa shape index (κ2) is 6.45. The van der Waals surface area contributed by atoms with E-state index in [1.54, 1.807) is 5.57 Å². The molecule has 0 aliphatic heterocycles. The zero-order chi connectivity index (χ0) is 8.69. The van der Waals surface area contributed by atoms with Gasteiger partial charge < -0.3 is 0 Å². The number of rotatable bonds is 5. The van der Waals surface area contributed by atoms with Crippen molar-refractivity contribution in [2.75, 3.05) is 0 Å². The van der Waals surface area contributed by atoms with Crippen molar-refractivity contribution >= 4 is 0 Å². The van der Waals surface area contributed by atoms with Crippen molar-refractivity contribution in [3.8, 4) is 0 Å². The fraction of sp³-hybridized carbons (Fsp3) is 0.818. The minimum atomic E-state index is 0.849. The van der Waals surface area contributed by atoms with E-state index in [1.165, 1.54) is 25.7 Å². The Hall–Kier alpha value is -0.260. The van der Waals surface area contributed by atoms with E-state index in [0.29, 0.717) is 0 Å². The highest BCUT2D eigenvalue weighted by Crippen LogP contribution is 2.14. The van der Waals surface area contributed by atoms with E-state index in [0.717, 1.165) is 5.92 Å². The van der Waals surface area contributed by atoms with Crippen LogP contribution in [-0.2, 0) is 0 Å². The molecule has 0 aromatic heterocycles. The second-order valence-corrected chi connectivity index (χ2v) is 3.56. The van der Waals surface area contributed by atoms with Crippen molar-refractivity contribution in [2.45, 2.75) is 53.4 Å². The quantitative estimate of drug-likeness (QED) is 0.521. The molecule has 0 nitrogen and oxygen atoms in total. The molecule has 0 amide bonds. The van der Waals surface area contributed by atoms with Gasteiger partial charge in [0.15, 0.2) is 0 Å². The average Bonchev–Trinajstić information content (AvgIpc) is 1.97. The van der Waals surface area contributed by atoms with Gasteiger partial charge in [-0.2, -0.15) is 0 Å². The van der Waals surface area contributed by atoms with Gasteiger partial charge in [0.1, 0.15) is 0 Å². The summed E-state index contributed by atoms with van der Waals surface area (Å²) in [6.45, 7) is 9.05. The molecule has 0 rings (SSSR count). The van der Waals surface area contributed by atoms with Crippen LogP contribution >= 0.6 is 0 Å². The molecule has 0 aliphatic carbocycles. The topological polar surface area (TPSA) is 0 Å². The molecular weight excluding hydrogens is 132 g/mol. The van der Waals surface area contributed by atoms with E-state index in [4.69, 9.17) is 0 Å². The third-order valence-corrected chi connectivity index (χ3v) is 1.99. The van der Waals surface area contributed by atoms with Gasteiger partial charge in [-0.25, -0.2) is 0 Å². The Bertz CT molecular complexity index is 109. The first kappa shape index (κ1) is 10.7. The van der Waals surface area contributed by atoms with Gasteiger partial charge in [-0.1, -0.05) is 39.3 Å². The first-order chi connectivity index (χ1) is 5.20. The monoisotopic (exact) mass is 154 g/mol. The fourth-order valence-electron chi connectivity index (χ4n) is 1.19. The lowest BCUT2D eigenvalue weighted by atomic mass is 10.0. The SMILES string of the molecule is CC/C=C(\CC)CCC(C)C. The van der Waals surface area contributed by atoms with Gasteiger partial charge in [-0.15, -0.1) is 0 Å². The molecule has 0 N–H and O–H groups in total. The normalized spacial score (nSPS) is 12.6. The minimum absolute atomic E-state index is 0.849. The van der Waals surface area contributed by atoms with Crippen molar-refractivity contribution in [1.82, 2.24) is 0 Å². The Balaban J connectivity index is 3.61. The molecule has 0 saturated heterocycles. The third kappa shape index (κ3) is 6.15. The maximum Gasteiger partial charge on any atom is -0.0318 e. The summed E-state index contributed by atoms with van der Waals surface area (Å²) in [7, 11) is 0. The van der Waals surface area contributed by atoms with E-state index >= 15 is 0 Å². The van der Waals surface area contributed by atoms with Gasteiger partial charge in [-0.05, 0) is 31.6 Å². The lowest BCUT2D eigenvalue weighted by molar-refractivity contribution is 0.578. The van der Waals surface area contributed by atoms with E-state index < -0.39 is 0 Å². The zero-order valence-electron chi connectivity index (χ0n) is 8.48. The Morgan fingerprint density at radius 2 is 1.91 bits per heavy atom. The molecule has 0 bridgehead atoms. The highest BCUT2D eigenvalue weighted by atomic mass is 14.0. The van der Waals surface area contributed by atoms with E-state index in [1.807, 2.05) is 0 Å². The molecule has 0 aliphatic rings. The first-order valence-electron chi connectivity index (χ1n) is 4.88. The summed E-state index contributed by atoms with van der Waals surface area (Å²) in [5.74, 6) is 0.849. The molecule has 0 heterocycles. The van der Waals surface area contributed by atoms with Crippen LogP contribution < -0.4 is 0 Å². The molecule has 0 aromatic rings. The smallest absolute Gasteiger partial charge is 0.0318 e. The largest absolute Gasteiger partial charge is 0.0856 e. The average molecular weight is 154 g/mol. The van der Waals surface area contributed by atoms with Crippen molar-refractivity contribution < 1.29 is 0 Å². The predicted molar refractivity (Wildman–Crippen MR) is 52.7 cm³/mol. The Morgan fingerprint density at radius 3 is 2.27 bits per heavy atom. The van der Waals surface area contributed by atoms with Gasteiger partial charge in [-0.3, -0.25) is 0 Å². The standard InChI is InChI=1S/C11H22/c1-5-7-11(6-2)9-8-10(3)4/h7,10H,5-6,8-9H2,1-4H3/b11-7+. The number of allylic oxidation sites excluding steroid dienone is 2. The number of hydrogen-bond acceptors (Lipinski definition) is 0. The van der Waals surface area contributed by atoms with E-state index in [-0.39, 0.29) is 0 Å². The van der Waals surface area contributed by atoms with Gasteiger partial charge in [0.2, 0.25) is 0 Å². The Labute approximate surface area is 71.7 Å². The van der Waals surface area contributed by atoms with Crippen LogP contribution in [0.1, 0.15) is 53.4 Å². The highest BCUT2D eigenvalue weighted by Gasteiger charge is 1.96. The molecule has 0 aromatic carbocycles. The highest BCUT2D eigenvalue weighted by molar-refractivity contribution is 5.00. The van der Waals surface area contributed by atoms with Crippen LogP contribution in [0.2, 0.25) is 0 Å². The molecule has 0 heteroatoms. The maximum atomic E-state index is 2.38. The summed E-state index contributed by atoms with van der Waals surface area (Å²) in [6.07, 6.45) is 7.46. The third-order valence-electron chi connectivity index (χ3n) is 1.99. The molecule has 0 fully saturated rings. The van der Waals surface area contributed by atoms with Gasteiger partial charge in [0, 0.05) is 0 Å². The molecule has 0 saturated carbocycles. The molecule has 0 spiro atoms. The van der Waals surface area contributed by atoms with Crippen LogP contribution in [0, 0.1) is 5.92 Å². The van der Waals surface area contributed by atoms with Gasteiger partial charge in [0.05, 0.1) is 0 Å². The second-order valence-electron chi connectivity index (χ2n) is 3.56. The van der Waals surface area contributed by atoms with Gasteiger partial charge >= 0.3 is 0 Å². The molecule has 0 unspecified atom stereocenters. The molecule has 0 radical (unpaired) electrons. The molecule has 11 heavy (non-hydrogen) atoms. The molecular formula is C11H22. The van der Waals surface area contributed by atoms with Crippen LogP contribution in [0.5, 0.6) is 0 Å². The van der Waals surface area contributed by atoms with E-state index in [2.05, 4.69) is 33.8 Å². The van der Waals surface area contributed by atoms with Crippen molar-refractivity contribution in [3.63, 3.8) is 0 Å². The Morgan fingerprint density at radius 1 is 1.27 bits per heavy atom. The van der Waals surface area contributed by atoms with Crippen molar-refractivity contribution in [1.29, 1.82) is 0 Å². The Kier molecular flexibility index (Phi) is 6.30. The summed E-state index contributed by atoms with van der Waals surface area (Å²) < 4.78 is 0. The fourth-order valence-corrected chi connectivity index (χ4v) is 1.19. The van der Waals surface area contributed by atoms with Crippen molar-refractivity contribution in [3.05, 3.63) is 11.6 Å². The first-order valence-corrected chi connectivity index (χ1v) is 4.88. The van der Waals surface area contributed by atoms with Crippen molar-refractivity contribution in [2.24, 2.45) is 5.92 Å². The lowest BCUT2D eigenvalue weighted by Gasteiger charge is -2.06. The van der Waals surface area contributed by atoms with Gasteiger partial charge in [0.25, 0.3) is 0 Å². The predicted octanol–water partition coefficient (Wildman–Crippen LogP) is 4.17. The summed E-state index contributed by atoms with van der Waals surface area (Å²) in [6, 6.07) is 0. The summed E-state index contributed by atoms with van der Waals surface area (Å²) in [5.41, 5.74) is 1.64. The summed E-state index contributed by atoms with van der Waals surface area (Å²) in [5, 5.41) is 0. The minimum Gasteiger partial charge on any atom is -0.0856 e. The summed E-state index contributed by atoms with van der Waals surface area (Å²) >= 11 is 0. The molecule has 0 atom stereocenters. The van der Waals surface area contributed by atoms with Crippen LogP contribution in [0.3, 0.4) is 0 Å².